The maximum Gasteiger partial charge on any atom is 0.270 e. The Morgan fingerprint density at radius 2 is 2.16 bits per heavy atom. The van der Waals surface area contributed by atoms with Gasteiger partial charge in [0.05, 0.1) is 4.92 Å². The zero-order valence-corrected chi connectivity index (χ0v) is 13.0. The van der Waals surface area contributed by atoms with Crippen LogP contribution >= 0.6 is 15.9 Å². The number of non-ortho nitro benzene ring substituents is 1. The quantitative estimate of drug-likeness (QED) is 0.609. The maximum absolute atomic E-state index is 10.7. The third-order valence-electron chi connectivity index (χ3n) is 2.90. The number of hydrogen-bond donors (Lipinski definition) is 1. The molecule has 0 spiro atoms. The van der Waals surface area contributed by atoms with E-state index < -0.39 is 4.92 Å². The van der Waals surface area contributed by atoms with Gasteiger partial charge in [-0.25, -0.2) is 0 Å². The van der Waals surface area contributed by atoms with Crippen LogP contribution in [0.1, 0.15) is 20.3 Å². The lowest BCUT2D eigenvalue weighted by molar-refractivity contribution is -0.384. The first-order chi connectivity index (χ1) is 8.85. The summed E-state index contributed by atoms with van der Waals surface area (Å²) in [5.41, 5.74) is 1.03. The zero-order chi connectivity index (χ0) is 14.5. The fraction of sp³-hybridized carbons (Fsp3) is 0.538. The molecule has 106 valence electrons. The van der Waals surface area contributed by atoms with Crippen LogP contribution in [-0.4, -0.2) is 25.2 Å². The minimum absolute atomic E-state index is 0.0797. The predicted octanol–water partition coefficient (Wildman–Crippen LogP) is 3.83. The lowest BCUT2D eigenvalue weighted by Crippen LogP contribution is -2.24. The van der Waals surface area contributed by atoms with Crippen molar-refractivity contribution in [2.24, 2.45) is 5.41 Å². The molecule has 0 heterocycles. The number of nitrogens with zero attached hydrogens (tertiary/aromatic N) is 1. The van der Waals surface area contributed by atoms with Crippen molar-refractivity contribution in [3.05, 3.63) is 32.8 Å². The number of nitrogens with one attached hydrogen (secondary N) is 1. The van der Waals surface area contributed by atoms with E-state index in [2.05, 4.69) is 35.1 Å². The first-order valence-electron chi connectivity index (χ1n) is 6.02. The van der Waals surface area contributed by atoms with Crippen molar-refractivity contribution in [2.45, 2.75) is 20.3 Å². The van der Waals surface area contributed by atoms with Crippen molar-refractivity contribution in [2.75, 3.05) is 25.6 Å². The summed E-state index contributed by atoms with van der Waals surface area (Å²) < 4.78 is 5.78. The number of halogens is 1. The zero-order valence-electron chi connectivity index (χ0n) is 11.4. The molecule has 1 rings (SSSR count). The molecule has 0 aliphatic heterocycles. The van der Waals surface area contributed by atoms with Crippen LogP contribution < -0.4 is 5.32 Å². The van der Waals surface area contributed by atoms with Crippen LogP contribution in [0.5, 0.6) is 0 Å². The molecule has 1 aromatic rings. The molecule has 0 atom stereocenters. The van der Waals surface area contributed by atoms with Gasteiger partial charge in [-0.2, -0.15) is 0 Å². The summed E-state index contributed by atoms with van der Waals surface area (Å²) in [6, 6.07) is 4.72. The number of hydrogen-bond acceptors (Lipinski definition) is 4. The second-order valence-corrected chi connectivity index (χ2v) is 6.04. The number of rotatable bonds is 7. The molecule has 0 fully saturated rings. The smallest absolute Gasteiger partial charge is 0.270 e. The molecule has 0 bridgehead atoms. The molecule has 19 heavy (non-hydrogen) atoms. The van der Waals surface area contributed by atoms with Gasteiger partial charge in [0.1, 0.15) is 0 Å². The van der Waals surface area contributed by atoms with Crippen molar-refractivity contribution in [3.8, 4) is 0 Å². The summed E-state index contributed by atoms with van der Waals surface area (Å²) in [5, 5.41) is 14.0. The van der Waals surface area contributed by atoms with Gasteiger partial charge in [-0.15, -0.1) is 0 Å². The largest absolute Gasteiger partial charge is 0.385 e. The SMILES string of the molecule is COCCC(C)(C)CNc1ccc([N+](=O)[O-])cc1Br. The molecule has 0 saturated carbocycles. The van der Waals surface area contributed by atoms with E-state index in [1.807, 2.05) is 0 Å². The van der Waals surface area contributed by atoms with Gasteiger partial charge < -0.3 is 10.1 Å². The van der Waals surface area contributed by atoms with E-state index in [4.69, 9.17) is 4.74 Å². The van der Waals surface area contributed by atoms with Crippen LogP contribution in [0.25, 0.3) is 0 Å². The normalized spacial score (nSPS) is 11.4. The maximum atomic E-state index is 10.7. The molecule has 0 radical (unpaired) electrons. The van der Waals surface area contributed by atoms with Crippen LogP contribution in [0.4, 0.5) is 11.4 Å². The van der Waals surface area contributed by atoms with Crippen LogP contribution in [0.3, 0.4) is 0 Å². The summed E-state index contributed by atoms with van der Waals surface area (Å²) in [7, 11) is 1.69. The Kier molecular flexibility index (Phi) is 5.75. The molecule has 0 aliphatic carbocycles. The highest BCUT2D eigenvalue weighted by molar-refractivity contribution is 9.10. The van der Waals surface area contributed by atoms with E-state index in [9.17, 15) is 10.1 Å². The number of methoxy groups -OCH3 is 1. The molecule has 6 heteroatoms. The van der Waals surface area contributed by atoms with Gasteiger partial charge in [0.15, 0.2) is 0 Å². The summed E-state index contributed by atoms with van der Waals surface area (Å²) in [6.07, 6.45) is 0.946. The molecule has 1 aromatic carbocycles. The van der Waals surface area contributed by atoms with E-state index in [1.54, 1.807) is 13.2 Å². The number of nitro groups is 1. The molecule has 5 nitrogen and oxygen atoms in total. The molecule has 0 aliphatic rings. The molecule has 0 aromatic heterocycles. The lowest BCUT2D eigenvalue weighted by Gasteiger charge is -2.25. The third kappa shape index (κ3) is 5.16. The standard InChI is InChI=1S/C13H19BrN2O3/c1-13(2,6-7-19-3)9-15-12-5-4-10(16(17)18)8-11(12)14/h4-5,8,15H,6-7,9H2,1-3H3. The van der Waals surface area contributed by atoms with Gasteiger partial charge in [0.25, 0.3) is 5.69 Å². The van der Waals surface area contributed by atoms with Gasteiger partial charge in [0.2, 0.25) is 0 Å². The first kappa shape index (κ1) is 15.9. The van der Waals surface area contributed by atoms with E-state index >= 15 is 0 Å². The Balaban J connectivity index is 2.65. The van der Waals surface area contributed by atoms with Crippen LogP contribution in [0.15, 0.2) is 22.7 Å². The topological polar surface area (TPSA) is 64.4 Å². The van der Waals surface area contributed by atoms with Crippen molar-refractivity contribution in [1.82, 2.24) is 0 Å². The summed E-state index contributed by atoms with van der Waals surface area (Å²) in [5.74, 6) is 0. The fourth-order valence-corrected chi connectivity index (χ4v) is 2.07. The monoisotopic (exact) mass is 330 g/mol. The Bertz CT molecular complexity index is 450. The molecule has 0 unspecified atom stereocenters. The van der Waals surface area contributed by atoms with Gasteiger partial charge in [-0.1, -0.05) is 13.8 Å². The first-order valence-corrected chi connectivity index (χ1v) is 6.82. The molecule has 1 N–H and O–H groups in total. The summed E-state index contributed by atoms with van der Waals surface area (Å²) in [4.78, 5) is 10.2. The average molecular weight is 331 g/mol. The Morgan fingerprint density at radius 1 is 1.47 bits per heavy atom. The molecular formula is C13H19BrN2O3. The van der Waals surface area contributed by atoms with Crippen LogP contribution in [0, 0.1) is 15.5 Å². The van der Waals surface area contributed by atoms with Crippen LogP contribution in [0.2, 0.25) is 0 Å². The number of benzene rings is 1. The average Bonchev–Trinajstić information content (AvgIpc) is 2.35. The Morgan fingerprint density at radius 3 is 2.68 bits per heavy atom. The second-order valence-electron chi connectivity index (χ2n) is 5.18. The predicted molar refractivity (Wildman–Crippen MR) is 79.6 cm³/mol. The Hall–Kier alpha value is -1.14. The van der Waals surface area contributed by atoms with Crippen molar-refractivity contribution in [1.29, 1.82) is 0 Å². The molecular weight excluding hydrogens is 312 g/mol. The third-order valence-corrected chi connectivity index (χ3v) is 3.56. The highest BCUT2D eigenvalue weighted by Crippen LogP contribution is 2.29. The number of anilines is 1. The van der Waals surface area contributed by atoms with Gasteiger partial charge in [0, 0.05) is 42.6 Å². The van der Waals surface area contributed by atoms with Gasteiger partial charge in [-0.3, -0.25) is 10.1 Å². The van der Waals surface area contributed by atoms with E-state index in [0.29, 0.717) is 4.47 Å². The molecule has 0 amide bonds. The lowest BCUT2D eigenvalue weighted by atomic mass is 9.89. The number of ether oxygens (including phenoxy) is 1. The van der Waals surface area contributed by atoms with Crippen molar-refractivity contribution in [3.63, 3.8) is 0 Å². The van der Waals surface area contributed by atoms with Crippen LogP contribution in [-0.2, 0) is 4.74 Å². The summed E-state index contributed by atoms with van der Waals surface area (Å²) >= 11 is 3.34. The minimum atomic E-state index is -0.406. The van der Waals surface area contributed by atoms with Crippen molar-refractivity contribution < 1.29 is 9.66 Å². The van der Waals surface area contributed by atoms with Gasteiger partial charge >= 0.3 is 0 Å². The van der Waals surface area contributed by atoms with Crippen molar-refractivity contribution >= 4 is 27.3 Å². The van der Waals surface area contributed by atoms with E-state index in [1.165, 1.54) is 12.1 Å². The second kappa shape index (κ2) is 6.86. The summed E-state index contributed by atoms with van der Waals surface area (Å²) in [6.45, 7) is 5.79. The van der Waals surface area contributed by atoms with Gasteiger partial charge in [-0.05, 0) is 33.8 Å². The minimum Gasteiger partial charge on any atom is -0.385 e. The Labute approximate surface area is 121 Å². The molecule has 0 saturated heterocycles. The van der Waals surface area contributed by atoms with E-state index in [-0.39, 0.29) is 11.1 Å². The fourth-order valence-electron chi connectivity index (χ4n) is 1.56. The van der Waals surface area contributed by atoms with E-state index in [0.717, 1.165) is 25.3 Å². The highest BCUT2D eigenvalue weighted by atomic mass is 79.9. The number of nitro benzene ring substituents is 1. The highest BCUT2D eigenvalue weighted by Gasteiger charge is 2.18.